The largest absolute Gasteiger partial charge is 0.495 e. The van der Waals surface area contributed by atoms with Gasteiger partial charge in [-0.05, 0) is 42.1 Å². The van der Waals surface area contributed by atoms with Crippen LogP contribution in [-0.2, 0) is 0 Å². The molecule has 12 nitrogen and oxygen atoms in total. The molecule has 5 rings (SSSR count). The van der Waals surface area contributed by atoms with Crippen LogP contribution >= 0.6 is 0 Å². The van der Waals surface area contributed by atoms with Crippen LogP contribution < -0.4 is 9.64 Å². The molecule has 0 saturated heterocycles. The van der Waals surface area contributed by atoms with Crippen molar-refractivity contribution in [2.24, 2.45) is 0 Å². The predicted molar refractivity (Wildman–Crippen MR) is 148 cm³/mol. The topological polar surface area (TPSA) is 153 Å². The minimum absolute atomic E-state index is 0.232. The maximum atomic E-state index is 13.9. The Kier molecular flexibility index (Phi) is 6.89. The summed E-state index contributed by atoms with van der Waals surface area (Å²) in [7, 11) is 1.40. The average molecular weight is 555 g/mol. The number of hydrogen-bond donors (Lipinski definition) is 0. The highest BCUT2D eigenvalue weighted by Crippen LogP contribution is 2.33. The molecule has 41 heavy (non-hydrogen) atoms. The molecule has 12 heteroatoms. The standard InChI is InChI=1S/C29H22N4O8/c1-17-9-10-24(25(13-17)41-2)30(27(34)19-14-20(32(37)38)16-21(15-19)33(39)40)11-12-31-28(35)22-7-3-5-18-6-4-8-23(26(18)22)29(31)36/h3-10,13-16H,11-12H2,1-2H3. The van der Waals surface area contributed by atoms with Crippen LogP contribution in [0.1, 0.15) is 36.6 Å². The second kappa shape index (κ2) is 10.5. The number of imide groups is 1. The van der Waals surface area contributed by atoms with Crippen LogP contribution in [0.4, 0.5) is 17.1 Å². The molecule has 4 aromatic rings. The number of rotatable bonds is 8. The van der Waals surface area contributed by atoms with E-state index in [1.165, 1.54) is 12.0 Å². The Hall–Kier alpha value is -5.65. The van der Waals surface area contributed by atoms with Crippen molar-refractivity contribution in [3.8, 4) is 5.75 Å². The van der Waals surface area contributed by atoms with Crippen LogP contribution in [0.15, 0.2) is 72.8 Å². The first kappa shape index (κ1) is 26.9. The van der Waals surface area contributed by atoms with Gasteiger partial charge in [-0.25, -0.2) is 0 Å². The maximum absolute atomic E-state index is 13.9. The number of amides is 3. The molecule has 1 heterocycles. The Bertz CT molecular complexity index is 1700. The zero-order valence-corrected chi connectivity index (χ0v) is 21.9. The predicted octanol–water partition coefficient (Wildman–Crippen LogP) is 4.92. The number of methoxy groups -OCH3 is 1. The van der Waals surface area contributed by atoms with Crippen LogP contribution in [-0.4, -0.2) is 52.7 Å². The zero-order valence-electron chi connectivity index (χ0n) is 21.9. The van der Waals surface area contributed by atoms with Crippen molar-refractivity contribution in [1.29, 1.82) is 0 Å². The monoisotopic (exact) mass is 554 g/mol. The van der Waals surface area contributed by atoms with Crippen molar-refractivity contribution in [3.05, 3.63) is 115 Å². The Labute approximate surface area is 232 Å². The molecule has 0 unspecified atom stereocenters. The third-order valence-electron chi connectivity index (χ3n) is 6.85. The van der Waals surface area contributed by atoms with E-state index in [-0.39, 0.29) is 30.1 Å². The number of aryl methyl sites for hydroxylation is 1. The Morgan fingerprint density at radius 3 is 2.00 bits per heavy atom. The smallest absolute Gasteiger partial charge is 0.277 e. The first-order valence-electron chi connectivity index (χ1n) is 12.4. The van der Waals surface area contributed by atoms with E-state index in [0.29, 0.717) is 16.5 Å². The van der Waals surface area contributed by atoms with Gasteiger partial charge in [-0.15, -0.1) is 0 Å². The van der Waals surface area contributed by atoms with Crippen molar-refractivity contribution in [2.75, 3.05) is 25.1 Å². The number of benzene rings is 4. The minimum Gasteiger partial charge on any atom is -0.495 e. The molecule has 0 spiro atoms. The molecule has 4 aromatic carbocycles. The Morgan fingerprint density at radius 1 is 0.878 bits per heavy atom. The fourth-order valence-corrected chi connectivity index (χ4v) is 4.91. The molecule has 3 amide bonds. The second-order valence-corrected chi connectivity index (χ2v) is 9.36. The maximum Gasteiger partial charge on any atom is 0.277 e. The molecule has 1 aliphatic rings. The quantitative estimate of drug-likeness (QED) is 0.169. The van der Waals surface area contributed by atoms with Gasteiger partial charge in [0.05, 0.1) is 34.3 Å². The zero-order chi connectivity index (χ0) is 29.4. The summed E-state index contributed by atoms with van der Waals surface area (Å²) < 4.78 is 5.48. The van der Waals surface area contributed by atoms with E-state index in [1.807, 2.05) is 6.92 Å². The van der Waals surface area contributed by atoms with Crippen LogP contribution in [0.5, 0.6) is 5.75 Å². The van der Waals surface area contributed by atoms with E-state index in [1.54, 1.807) is 54.6 Å². The summed E-state index contributed by atoms with van der Waals surface area (Å²) in [5, 5.41) is 24.2. The van der Waals surface area contributed by atoms with E-state index in [2.05, 4.69) is 0 Å². The number of ether oxygens (including phenoxy) is 1. The SMILES string of the molecule is COc1cc(C)ccc1N(CCN1C(=O)c2cccc3cccc(c23)C1=O)C(=O)c1cc([N+](=O)[O-])cc([N+](=O)[O-])c1. The van der Waals surface area contributed by atoms with Gasteiger partial charge < -0.3 is 9.64 Å². The molecular formula is C29H22N4O8. The lowest BCUT2D eigenvalue weighted by Gasteiger charge is -2.30. The minimum atomic E-state index is -0.830. The summed E-state index contributed by atoms with van der Waals surface area (Å²) in [5.41, 5.74) is 0.163. The molecule has 0 fully saturated rings. The number of anilines is 1. The molecule has 0 N–H and O–H groups in total. The second-order valence-electron chi connectivity index (χ2n) is 9.36. The number of nitrogens with zero attached hydrogens (tertiary/aromatic N) is 4. The van der Waals surface area contributed by atoms with E-state index in [9.17, 15) is 34.6 Å². The summed E-state index contributed by atoms with van der Waals surface area (Å²) in [6, 6.07) is 17.9. The van der Waals surface area contributed by atoms with Gasteiger partial charge in [0.15, 0.2) is 0 Å². The van der Waals surface area contributed by atoms with Crippen molar-refractivity contribution < 1.29 is 29.0 Å². The van der Waals surface area contributed by atoms with Gasteiger partial charge in [-0.3, -0.25) is 39.5 Å². The first-order valence-corrected chi connectivity index (χ1v) is 12.4. The molecule has 0 atom stereocenters. The van der Waals surface area contributed by atoms with Gasteiger partial charge in [-0.2, -0.15) is 0 Å². The van der Waals surface area contributed by atoms with Crippen LogP contribution in [0, 0.1) is 27.2 Å². The van der Waals surface area contributed by atoms with Crippen LogP contribution in [0.25, 0.3) is 10.8 Å². The van der Waals surface area contributed by atoms with Gasteiger partial charge in [-0.1, -0.05) is 30.3 Å². The lowest BCUT2D eigenvalue weighted by Crippen LogP contribution is -2.46. The van der Waals surface area contributed by atoms with Crippen molar-refractivity contribution >= 4 is 45.6 Å². The van der Waals surface area contributed by atoms with Gasteiger partial charge in [0.1, 0.15) is 5.75 Å². The third-order valence-corrected chi connectivity index (χ3v) is 6.85. The number of carbonyl (C=O) groups is 3. The number of nitro groups is 2. The van der Waals surface area contributed by atoms with E-state index >= 15 is 0 Å². The van der Waals surface area contributed by atoms with E-state index < -0.39 is 38.9 Å². The summed E-state index contributed by atoms with van der Waals surface area (Å²) >= 11 is 0. The van der Waals surface area contributed by atoms with E-state index in [0.717, 1.165) is 34.0 Å². The van der Waals surface area contributed by atoms with Crippen molar-refractivity contribution in [1.82, 2.24) is 4.90 Å². The summed E-state index contributed by atoms with van der Waals surface area (Å²) in [6.45, 7) is 1.35. The average Bonchev–Trinajstić information content (AvgIpc) is 2.97. The molecule has 206 valence electrons. The molecule has 0 aromatic heterocycles. The third kappa shape index (κ3) is 4.82. The number of nitro benzene ring substituents is 2. The highest BCUT2D eigenvalue weighted by atomic mass is 16.6. The summed E-state index contributed by atoms with van der Waals surface area (Å²) in [4.78, 5) is 64.2. The number of carbonyl (C=O) groups excluding carboxylic acids is 3. The number of hydrogen-bond acceptors (Lipinski definition) is 8. The fourth-order valence-electron chi connectivity index (χ4n) is 4.91. The van der Waals surface area contributed by atoms with Crippen LogP contribution in [0.3, 0.4) is 0 Å². The van der Waals surface area contributed by atoms with Gasteiger partial charge in [0.2, 0.25) is 0 Å². The number of non-ortho nitro benzene ring substituents is 2. The van der Waals surface area contributed by atoms with Crippen molar-refractivity contribution in [3.63, 3.8) is 0 Å². The fraction of sp³-hybridized carbons (Fsp3) is 0.138. The van der Waals surface area contributed by atoms with Crippen molar-refractivity contribution in [2.45, 2.75) is 6.92 Å². The highest BCUT2D eigenvalue weighted by molar-refractivity contribution is 6.25. The van der Waals surface area contributed by atoms with Gasteiger partial charge in [0, 0.05) is 41.7 Å². The van der Waals surface area contributed by atoms with Gasteiger partial charge in [0.25, 0.3) is 29.1 Å². The lowest BCUT2D eigenvalue weighted by molar-refractivity contribution is -0.394. The summed E-state index contributed by atoms with van der Waals surface area (Å²) in [6.07, 6.45) is 0. The molecular weight excluding hydrogens is 532 g/mol. The molecule has 1 aliphatic heterocycles. The summed E-state index contributed by atoms with van der Waals surface area (Å²) in [5.74, 6) is -1.61. The highest BCUT2D eigenvalue weighted by Gasteiger charge is 2.34. The Balaban J connectivity index is 1.56. The van der Waals surface area contributed by atoms with Crippen LogP contribution in [0.2, 0.25) is 0 Å². The van der Waals surface area contributed by atoms with E-state index in [4.69, 9.17) is 4.74 Å². The molecule has 0 radical (unpaired) electrons. The lowest BCUT2D eigenvalue weighted by atomic mass is 9.94. The molecule has 0 aliphatic carbocycles. The normalized spacial score (nSPS) is 12.4. The Morgan fingerprint density at radius 2 is 1.46 bits per heavy atom. The first-order chi connectivity index (χ1) is 19.6. The molecule has 0 saturated carbocycles. The molecule has 0 bridgehead atoms. The van der Waals surface area contributed by atoms with Gasteiger partial charge >= 0.3 is 0 Å².